The van der Waals surface area contributed by atoms with Crippen molar-refractivity contribution in [3.63, 3.8) is 0 Å². The van der Waals surface area contributed by atoms with Gasteiger partial charge in [0, 0.05) is 23.4 Å². The lowest BCUT2D eigenvalue weighted by atomic mass is 9.83. The van der Waals surface area contributed by atoms with Gasteiger partial charge in [0.1, 0.15) is 18.0 Å². The fraction of sp³-hybridized carbons (Fsp3) is 0.167. The Bertz CT molecular complexity index is 1710. The van der Waals surface area contributed by atoms with Gasteiger partial charge < -0.3 is 20.8 Å². The highest BCUT2D eigenvalue weighted by atomic mass is 16.5. The van der Waals surface area contributed by atoms with Crippen molar-refractivity contribution in [2.45, 2.75) is 32.6 Å². The minimum absolute atomic E-state index is 0.121. The summed E-state index contributed by atoms with van der Waals surface area (Å²) in [5.74, 6) is 0.369. The number of rotatable bonds is 4. The molecule has 4 heterocycles. The van der Waals surface area contributed by atoms with Crippen LogP contribution in [0.2, 0.25) is 0 Å². The average molecular weight is 488 g/mol. The molecule has 2 bridgehead atoms. The molecule has 1 amide bonds. The van der Waals surface area contributed by atoms with E-state index in [2.05, 4.69) is 44.5 Å². The predicted octanol–water partition coefficient (Wildman–Crippen LogP) is 5.28. The van der Waals surface area contributed by atoms with Gasteiger partial charge in [-0.3, -0.25) is 4.79 Å². The van der Waals surface area contributed by atoms with Crippen LogP contribution in [0.4, 0.5) is 5.82 Å². The van der Waals surface area contributed by atoms with Crippen LogP contribution < -0.4 is 11.1 Å². The van der Waals surface area contributed by atoms with Gasteiger partial charge in [-0.1, -0.05) is 30.3 Å². The monoisotopic (exact) mass is 487 g/mol. The van der Waals surface area contributed by atoms with E-state index in [1.807, 2.05) is 50.2 Å². The van der Waals surface area contributed by atoms with Crippen LogP contribution in [0.25, 0.3) is 22.2 Å². The first-order chi connectivity index (χ1) is 18.0. The topological polar surface area (TPSA) is 106 Å². The average Bonchev–Trinajstić information content (AvgIpc) is 3.61. The number of benzene rings is 3. The molecule has 7 nitrogen and oxygen atoms in total. The van der Waals surface area contributed by atoms with E-state index in [1.54, 1.807) is 6.33 Å². The molecule has 3 aromatic carbocycles. The van der Waals surface area contributed by atoms with E-state index >= 15 is 0 Å². The fourth-order valence-electron chi connectivity index (χ4n) is 5.78. The second kappa shape index (κ2) is 8.01. The zero-order valence-corrected chi connectivity index (χ0v) is 20.5. The highest BCUT2D eigenvalue weighted by Gasteiger charge is 2.43. The lowest BCUT2D eigenvalue weighted by Crippen LogP contribution is -2.24. The Morgan fingerprint density at radius 1 is 1.00 bits per heavy atom. The van der Waals surface area contributed by atoms with Crippen LogP contribution in [-0.2, 0) is 11.3 Å². The number of carbonyl (C=O) groups is 1. The normalized spacial score (nSPS) is 17.1. The van der Waals surface area contributed by atoms with Crippen molar-refractivity contribution in [3.05, 3.63) is 112 Å². The molecule has 2 aliphatic rings. The van der Waals surface area contributed by atoms with Gasteiger partial charge in [0.05, 0.1) is 17.4 Å². The number of carbonyl (C=O) groups excluding carboxylic acids is 1. The molecule has 0 fully saturated rings. The van der Waals surface area contributed by atoms with Gasteiger partial charge in [-0.05, 0) is 83.1 Å². The zero-order chi connectivity index (χ0) is 25.3. The predicted molar refractivity (Wildman–Crippen MR) is 142 cm³/mol. The quantitative estimate of drug-likeness (QED) is 0.320. The molecule has 2 aromatic heterocycles. The first-order valence-corrected chi connectivity index (χ1v) is 12.3. The Balaban J connectivity index is 1.16. The van der Waals surface area contributed by atoms with Crippen molar-refractivity contribution in [2.75, 3.05) is 5.73 Å². The van der Waals surface area contributed by atoms with Crippen LogP contribution in [-0.4, -0.2) is 20.9 Å². The zero-order valence-electron chi connectivity index (χ0n) is 20.5. The lowest BCUT2D eigenvalue weighted by Gasteiger charge is -2.18. The van der Waals surface area contributed by atoms with Gasteiger partial charge in [0.15, 0.2) is 0 Å². The number of H-pyrrole nitrogens is 1. The molecule has 0 radical (unpaired) electrons. The summed E-state index contributed by atoms with van der Waals surface area (Å²) in [7, 11) is 0. The molecule has 5 aromatic rings. The molecule has 0 saturated heterocycles. The Morgan fingerprint density at radius 3 is 2.59 bits per heavy atom. The van der Waals surface area contributed by atoms with E-state index in [4.69, 9.17) is 10.5 Å². The Kier molecular flexibility index (Phi) is 4.71. The number of para-hydroxylation sites is 1. The smallest absolute Gasteiger partial charge is 0.251 e. The number of hydrogen-bond donors (Lipinski definition) is 3. The van der Waals surface area contributed by atoms with E-state index in [9.17, 15) is 4.79 Å². The SMILES string of the molecule is Cc1cc(N)nc(C)c1CNC(=O)c1ccc2c(c1)C1OC2c2cc(-c3cccc4[nH]cnc34)ccc21. The van der Waals surface area contributed by atoms with Gasteiger partial charge >= 0.3 is 0 Å². The van der Waals surface area contributed by atoms with Crippen LogP contribution in [0.1, 0.15) is 61.6 Å². The molecule has 2 atom stereocenters. The van der Waals surface area contributed by atoms with Crippen molar-refractivity contribution < 1.29 is 9.53 Å². The minimum Gasteiger partial charge on any atom is -0.384 e. The summed E-state index contributed by atoms with van der Waals surface area (Å²) >= 11 is 0. The van der Waals surface area contributed by atoms with Gasteiger partial charge in [-0.25, -0.2) is 9.97 Å². The molecule has 2 aliphatic heterocycles. The molecule has 0 saturated carbocycles. The molecular weight excluding hydrogens is 462 g/mol. The van der Waals surface area contributed by atoms with Crippen LogP contribution in [0, 0.1) is 13.8 Å². The number of hydrogen-bond acceptors (Lipinski definition) is 5. The number of nitrogens with two attached hydrogens (primary N) is 1. The summed E-state index contributed by atoms with van der Waals surface area (Å²) in [4.78, 5) is 25.1. The number of amides is 1. The molecule has 4 N–H and O–H groups in total. The van der Waals surface area contributed by atoms with Crippen LogP contribution in [0.5, 0.6) is 0 Å². The van der Waals surface area contributed by atoms with Crippen molar-refractivity contribution in [3.8, 4) is 11.1 Å². The number of pyridine rings is 1. The van der Waals surface area contributed by atoms with E-state index in [-0.39, 0.29) is 18.1 Å². The van der Waals surface area contributed by atoms with Crippen molar-refractivity contribution in [1.82, 2.24) is 20.3 Å². The summed E-state index contributed by atoms with van der Waals surface area (Å²) < 4.78 is 6.41. The molecule has 7 rings (SSSR count). The second-order valence-corrected chi connectivity index (χ2v) is 9.80. The number of imidazole rings is 1. The third-order valence-electron chi connectivity index (χ3n) is 7.60. The number of nitrogen functional groups attached to an aromatic ring is 1. The molecular formula is C30H25N5O2. The summed E-state index contributed by atoms with van der Waals surface area (Å²) in [5, 5.41) is 3.04. The summed E-state index contributed by atoms with van der Waals surface area (Å²) in [6.07, 6.45) is 1.44. The van der Waals surface area contributed by atoms with E-state index in [1.165, 1.54) is 5.56 Å². The molecule has 2 unspecified atom stereocenters. The van der Waals surface area contributed by atoms with E-state index in [0.29, 0.717) is 17.9 Å². The number of aromatic amines is 1. The Morgan fingerprint density at radius 2 is 1.78 bits per heavy atom. The Hall–Kier alpha value is -4.49. The number of ether oxygens (including phenoxy) is 1. The number of aryl methyl sites for hydroxylation is 2. The molecule has 7 heteroatoms. The molecule has 0 spiro atoms. The number of nitrogens with zero attached hydrogens (tertiary/aromatic N) is 2. The first kappa shape index (κ1) is 21.8. The number of fused-ring (bicyclic) bond motifs is 9. The third-order valence-corrected chi connectivity index (χ3v) is 7.60. The maximum absolute atomic E-state index is 13.0. The first-order valence-electron chi connectivity index (χ1n) is 12.3. The minimum atomic E-state index is -0.163. The highest BCUT2D eigenvalue weighted by molar-refractivity contribution is 5.95. The maximum Gasteiger partial charge on any atom is 0.251 e. The number of aromatic nitrogens is 3. The Labute approximate surface area is 213 Å². The van der Waals surface area contributed by atoms with Crippen molar-refractivity contribution in [1.29, 1.82) is 0 Å². The maximum atomic E-state index is 13.0. The highest BCUT2D eigenvalue weighted by Crippen LogP contribution is 2.55. The summed E-state index contributed by atoms with van der Waals surface area (Å²) in [6, 6.07) is 20.4. The van der Waals surface area contributed by atoms with E-state index in [0.717, 1.165) is 55.7 Å². The summed E-state index contributed by atoms with van der Waals surface area (Å²) in [6.45, 7) is 4.29. The summed E-state index contributed by atoms with van der Waals surface area (Å²) in [5.41, 5.74) is 18.0. The van der Waals surface area contributed by atoms with Crippen LogP contribution in [0.15, 0.2) is 67.0 Å². The number of nitrogens with one attached hydrogen (secondary N) is 2. The standard InChI is InChI=1S/C30H25N5O2/c1-15-10-26(31)35-16(2)24(15)13-32-30(36)18-7-9-21-23(12-18)29-20-8-6-17(11-22(20)28(21)37-29)19-4-3-5-25-27(19)34-14-33-25/h3-12,14,28-29H,13H2,1-2H3,(H2,31,35)(H,32,36)(H,33,34). The lowest BCUT2D eigenvalue weighted by molar-refractivity contribution is 0.0857. The van der Waals surface area contributed by atoms with Crippen molar-refractivity contribution in [2.24, 2.45) is 0 Å². The van der Waals surface area contributed by atoms with Crippen LogP contribution >= 0.6 is 0 Å². The van der Waals surface area contributed by atoms with Gasteiger partial charge in [0.2, 0.25) is 0 Å². The van der Waals surface area contributed by atoms with Crippen LogP contribution in [0.3, 0.4) is 0 Å². The largest absolute Gasteiger partial charge is 0.384 e. The third kappa shape index (κ3) is 3.35. The van der Waals surface area contributed by atoms with Gasteiger partial charge in [-0.15, -0.1) is 0 Å². The fourth-order valence-corrected chi connectivity index (χ4v) is 5.78. The van der Waals surface area contributed by atoms with Gasteiger partial charge in [0.25, 0.3) is 5.91 Å². The second-order valence-electron chi connectivity index (χ2n) is 9.80. The van der Waals surface area contributed by atoms with Crippen molar-refractivity contribution >= 4 is 22.8 Å². The molecule has 0 aliphatic carbocycles. The molecule has 37 heavy (non-hydrogen) atoms. The van der Waals surface area contributed by atoms with E-state index < -0.39 is 0 Å². The number of anilines is 1. The molecule has 182 valence electrons. The van der Waals surface area contributed by atoms with Gasteiger partial charge in [-0.2, -0.15) is 0 Å².